The van der Waals surface area contributed by atoms with Crippen LogP contribution in [0.3, 0.4) is 0 Å². The first-order chi connectivity index (χ1) is 7.00. The molecule has 0 aromatic heterocycles. The second kappa shape index (κ2) is 4.86. The van der Waals surface area contributed by atoms with E-state index in [0.29, 0.717) is 12.1 Å². The summed E-state index contributed by atoms with van der Waals surface area (Å²) in [6.45, 7) is 0.498. The summed E-state index contributed by atoms with van der Waals surface area (Å²) in [5.41, 5.74) is 0.727. The van der Waals surface area contributed by atoms with Crippen molar-refractivity contribution in [1.82, 2.24) is 4.90 Å². The van der Waals surface area contributed by atoms with Gasteiger partial charge in [-0.25, -0.2) is 0 Å². The molecule has 0 saturated heterocycles. The van der Waals surface area contributed by atoms with Crippen molar-refractivity contribution in [1.29, 1.82) is 0 Å². The van der Waals surface area contributed by atoms with Crippen molar-refractivity contribution < 1.29 is 10.0 Å². The number of likely N-dealkylation sites (N-methyl/N-ethyl adjacent to an activating group) is 1. The molecule has 1 aromatic carbocycles. The molecule has 1 rings (SSSR count). The van der Waals surface area contributed by atoms with Crippen LogP contribution >= 0.6 is 0 Å². The highest BCUT2D eigenvalue weighted by molar-refractivity contribution is 5.33. The highest BCUT2D eigenvalue weighted by atomic mass is 16.6. The summed E-state index contributed by atoms with van der Waals surface area (Å²) >= 11 is 0. The predicted molar refractivity (Wildman–Crippen MR) is 56.6 cm³/mol. The van der Waals surface area contributed by atoms with Crippen LogP contribution in [0.15, 0.2) is 24.3 Å². The van der Waals surface area contributed by atoms with Gasteiger partial charge in [-0.15, -0.1) is 0 Å². The molecule has 5 heteroatoms. The van der Waals surface area contributed by atoms with Gasteiger partial charge in [0.1, 0.15) is 0 Å². The van der Waals surface area contributed by atoms with E-state index in [1.165, 1.54) is 12.1 Å². The number of hydrogen-bond acceptors (Lipinski definition) is 4. The summed E-state index contributed by atoms with van der Waals surface area (Å²) in [6, 6.07) is 5.95. The van der Waals surface area contributed by atoms with Gasteiger partial charge in [-0.05, 0) is 31.8 Å². The molecule has 0 bridgehead atoms. The Hall–Kier alpha value is -1.46. The number of nitro benzene ring substituents is 1. The Bertz CT molecular complexity index is 335. The van der Waals surface area contributed by atoms with Crippen molar-refractivity contribution >= 4 is 5.69 Å². The van der Waals surface area contributed by atoms with Crippen LogP contribution in [0, 0.1) is 10.1 Å². The highest BCUT2D eigenvalue weighted by Crippen LogP contribution is 2.17. The summed E-state index contributed by atoms with van der Waals surface area (Å²) in [7, 11) is 3.71. The molecule has 1 unspecified atom stereocenters. The average Bonchev–Trinajstić information content (AvgIpc) is 2.17. The van der Waals surface area contributed by atoms with Crippen molar-refractivity contribution in [2.45, 2.75) is 6.10 Å². The summed E-state index contributed by atoms with van der Waals surface area (Å²) in [6.07, 6.45) is -0.610. The number of nitrogens with zero attached hydrogens (tertiary/aromatic N) is 2. The highest BCUT2D eigenvalue weighted by Gasteiger charge is 2.10. The number of rotatable bonds is 4. The first-order valence-corrected chi connectivity index (χ1v) is 4.58. The lowest BCUT2D eigenvalue weighted by Gasteiger charge is -2.15. The molecule has 1 N–H and O–H groups in total. The predicted octanol–water partition coefficient (Wildman–Crippen LogP) is 1.19. The van der Waals surface area contributed by atoms with Crippen LogP contribution in [0.5, 0.6) is 0 Å². The number of aliphatic hydroxyl groups excluding tert-OH is 1. The van der Waals surface area contributed by atoms with Crippen LogP contribution in [0.25, 0.3) is 0 Å². The Morgan fingerprint density at radius 2 is 1.93 bits per heavy atom. The minimum absolute atomic E-state index is 0.0378. The fourth-order valence-electron chi connectivity index (χ4n) is 1.27. The molecule has 0 saturated carbocycles. The van der Waals surface area contributed by atoms with Crippen molar-refractivity contribution in [3.8, 4) is 0 Å². The van der Waals surface area contributed by atoms with Gasteiger partial charge >= 0.3 is 0 Å². The number of benzene rings is 1. The molecule has 1 atom stereocenters. The summed E-state index contributed by atoms with van der Waals surface area (Å²) in [5.74, 6) is 0. The Morgan fingerprint density at radius 1 is 1.40 bits per heavy atom. The molecule has 0 aliphatic rings. The second-order valence-corrected chi connectivity index (χ2v) is 3.63. The fraction of sp³-hybridized carbons (Fsp3) is 0.400. The van der Waals surface area contributed by atoms with E-state index in [2.05, 4.69) is 0 Å². The lowest BCUT2D eigenvalue weighted by Crippen LogP contribution is -2.19. The van der Waals surface area contributed by atoms with E-state index in [4.69, 9.17) is 0 Å². The van der Waals surface area contributed by atoms with Gasteiger partial charge in [0, 0.05) is 18.7 Å². The van der Waals surface area contributed by atoms with Gasteiger partial charge in [-0.1, -0.05) is 0 Å². The van der Waals surface area contributed by atoms with Crippen LogP contribution in [0.2, 0.25) is 0 Å². The zero-order valence-electron chi connectivity index (χ0n) is 8.75. The third-order valence-corrected chi connectivity index (χ3v) is 2.03. The molecule has 15 heavy (non-hydrogen) atoms. The standard InChI is InChI=1S/C10H14N2O3/c1-11(2)7-10(13)8-3-5-9(6-4-8)12(14)15/h3-6,10,13H,7H2,1-2H3. The van der Waals surface area contributed by atoms with Gasteiger partial charge in [-0.3, -0.25) is 10.1 Å². The van der Waals surface area contributed by atoms with Crippen LogP contribution < -0.4 is 0 Å². The molecule has 0 aliphatic heterocycles. The molecule has 1 aromatic rings. The van der Waals surface area contributed by atoms with Crippen LogP contribution in [-0.2, 0) is 0 Å². The summed E-state index contributed by atoms with van der Waals surface area (Å²) < 4.78 is 0. The van der Waals surface area contributed by atoms with Crippen LogP contribution in [-0.4, -0.2) is 35.6 Å². The normalized spacial score (nSPS) is 12.8. The fourth-order valence-corrected chi connectivity index (χ4v) is 1.27. The van der Waals surface area contributed by atoms with Gasteiger partial charge < -0.3 is 10.0 Å². The maximum atomic E-state index is 10.4. The van der Waals surface area contributed by atoms with Crippen molar-refractivity contribution in [3.63, 3.8) is 0 Å². The minimum Gasteiger partial charge on any atom is -0.387 e. The van der Waals surface area contributed by atoms with Crippen molar-refractivity contribution in [2.75, 3.05) is 20.6 Å². The van der Waals surface area contributed by atoms with Gasteiger partial charge in [0.15, 0.2) is 0 Å². The zero-order chi connectivity index (χ0) is 11.4. The first kappa shape index (κ1) is 11.6. The molecule has 0 heterocycles. The van der Waals surface area contributed by atoms with E-state index in [1.54, 1.807) is 12.1 Å². The van der Waals surface area contributed by atoms with Crippen molar-refractivity contribution in [2.24, 2.45) is 0 Å². The summed E-state index contributed by atoms with van der Waals surface area (Å²) in [4.78, 5) is 11.8. The molecule has 5 nitrogen and oxygen atoms in total. The number of aliphatic hydroxyl groups is 1. The van der Waals surface area contributed by atoms with Gasteiger partial charge in [0.25, 0.3) is 5.69 Å². The van der Waals surface area contributed by atoms with E-state index in [0.717, 1.165) is 0 Å². The molecule has 0 aliphatic carbocycles. The van der Waals surface area contributed by atoms with E-state index < -0.39 is 11.0 Å². The molecular formula is C10H14N2O3. The third kappa shape index (κ3) is 3.30. The van der Waals surface area contributed by atoms with Crippen LogP contribution in [0.4, 0.5) is 5.69 Å². The topological polar surface area (TPSA) is 66.6 Å². The number of hydrogen-bond donors (Lipinski definition) is 1. The second-order valence-electron chi connectivity index (χ2n) is 3.63. The molecular weight excluding hydrogens is 196 g/mol. The Labute approximate surface area is 88.1 Å². The lowest BCUT2D eigenvalue weighted by molar-refractivity contribution is -0.384. The maximum Gasteiger partial charge on any atom is 0.269 e. The Balaban J connectivity index is 2.75. The van der Waals surface area contributed by atoms with E-state index >= 15 is 0 Å². The van der Waals surface area contributed by atoms with Gasteiger partial charge in [-0.2, -0.15) is 0 Å². The van der Waals surface area contributed by atoms with E-state index in [1.807, 2.05) is 19.0 Å². The third-order valence-electron chi connectivity index (χ3n) is 2.03. The summed E-state index contributed by atoms with van der Waals surface area (Å²) in [5, 5.41) is 20.1. The molecule has 0 spiro atoms. The number of nitro groups is 1. The smallest absolute Gasteiger partial charge is 0.269 e. The Kier molecular flexibility index (Phi) is 3.76. The molecule has 0 fully saturated rings. The van der Waals surface area contributed by atoms with E-state index in [-0.39, 0.29) is 5.69 Å². The molecule has 82 valence electrons. The molecule has 0 amide bonds. The SMILES string of the molecule is CN(C)CC(O)c1ccc([N+](=O)[O-])cc1. The van der Waals surface area contributed by atoms with E-state index in [9.17, 15) is 15.2 Å². The zero-order valence-corrected chi connectivity index (χ0v) is 8.75. The maximum absolute atomic E-state index is 10.4. The lowest BCUT2D eigenvalue weighted by atomic mass is 10.1. The van der Waals surface area contributed by atoms with Crippen LogP contribution in [0.1, 0.15) is 11.7 Å². The van der Waals surface area contributed by atoms with Gasteiger partial charge in [0.05, 0.1) is 11.0 Å². The minimum atomic E-state index is -0.610. The monoisotopic (exact) mass is 210 g/mol. The quantitative estimate of drug-likeness (QED) is 0.598. The molecule has 0 radical (unpaired) electrons. The van der Waals surface area contributed by atoms with Crippen molar-refractivity contribution in [3.05, 3.63) is 39.9 Å². The average molecular weight is 210 g/mol. The first-order valence-electron chi connectivity index (χ1n) is 4.58. The number of non-ortho nitro benzene ring substituents is 1. The largest absolute Gasteiger partial charge is 0.387 e. The Morgan fingerprint density at radius 3 is 2.33 bits per heavy atom. The van der Waals surface area contributed by atoms with Gasteiger partial charge in [0.2, 0.25) is 0 Å².